The minimum atomic E-state index is -0.504. The second-order valence-electron chi connectivity index (χ2n) is 5.44. The molecule has 0 saturated heterocycles. The molecule has 0 radical (unpaired) electrons. The molecule has 3 aromatic heterocycles. The monoisotopic (exact) mass is 341 g/mol. The van der Waals surface area contributed by atoms with E-state index in [0.717, 1.165) is 0 Å². The quantitative estimate of drug-likeness (QED) is 0.744. The topological polar surface area (TPSA) is 119 Å². The first-order chi connectivity index (χ1) is 11.9. The van der Waals surface area contributed by atoms with Crippen molar-refractivity contribution in [1.29, 1.82) is 0 Å². The zero-order valence-corrected chi connectivity index (χ0v) is 13.8. The second kappa shape index (κ2) is 6.19. The number of carbonyl (C=O) groups is 2. The lowest BCUT2D eigenvalue weighted by molar-refractivity contribution is -0.114. The van der Waals surface area contributed by atoms with E-state index < -0.39 is 5.91 Å². The van der Waals surface area contributed by atoms with Gasteiger partial charge >= 0.3 is 0 Å². The predicted octanol–water partition coefficient (Wildman–Crippen LogP) is 1.44. The summed E-state index contributed by atoms with van der Waals surface area (Å²) in [6, 6.07) is 3.14. The number of nitrogens with zero attached hydrogens (tertiary/aromatic N) is 3. The van der Waals surface area contributed by atoms with Gasteiger partial charge in [0.25, 0.3) is 11.5 Å². The van der Waals surface area contributed by atoms with E-state index in [1.807, 2.05) is 0 Å². The number of aromatic nitrogens is 3. The molecule has 0 bridgehead atoms. The molecular formula is C16H15N5O4. The Kier molecular flexibility index (Phi) is 4.05. The molecule has 0 spiro atoms. The fraction of sp³-hybridized carbons (Fsp3) is 0.188. The maximum atomic E-state index is 12.6. The van der Waals surface area contributed by atoms with Crippen LogP contribution in [-0.4, -0.2) is 26.3 Å². The highest BCUT2D eigenvalue weighted by molar-refractivity contribution is 6.12. The fourth-order valence-electron chi connectivity index (χ4n) is 2.38. The summed E-state index contributed by atoms with van der Waals surface area (Å²) in [5.41, 5.74) is 0.291. The molecule has 0 aliphatic carbocycles. The van der Waals surface area contributed by atoms with Gasteiger partial charge in [0.15, 0.2) is 0 Å². The lowest BCUT2D eigenvalue weighted by Crippen LogP contribution is -2.20. The molecule has 3 rings (SSSR count). The minimum absolute atomic E-state index is 0.116. The average Bonchev–Trinajstić information content (AvgIpc) is 2.89. The van der Waals surface area contributed by atoms with Gasteiger partial charge in [0.2, 0.25) is 11.6 Å². The molecule has 2 amide bonds. The van der Waals surface area contributed by atoms with E-state index in [-0.39, 0.29) is 28.1 Å². The number of hydrogen-bond acceptors (Lipinski definition) is 6. The summed E-state index contributed by atoms with van der Waals surface area (Å²) in [5.74, 6) is -0.0804. The number of amides is 2. The number of furan rings is 1. The third-order valence-electron chi connectivity index (χ3n) is 3.50. The Morgan fingerprint density at radius 3 is 2.60 bits per heavy atom. The predicted molar refractivity (Wildman–Crippen MR) is 90.5 cm³/mol. The van der Waals surface area contributed by atoms with Gasteiger partial charge in [-0.25, -0.2) is 9.97 Å². The number of fused-ring (bicyclic) bond motifs is 1. The Bertz CT molecular complexity index is 1030. The van der Waals surface area contributed by atoms with Crippen LogP contribution in [0.15, 0.2) is 33.9 Å². The van der Waals surface area contributed by atoms with Crippen molar-refractivity contribution in [2.45, 2.75) is 13.8 Å². The molecule has 0 aromatic carbocycles. The van der Waals surface area contributed by atoms with Crippen LogP contribution in [0.3, 0.4) is 0 Å². The molecule has 0 unspecified atom stereocenters. The summed E-state index contributed by atoms with van der Waals surface area (Å²) in [4.78, 5) is 43.9. The van der Waals surface area contributed by atoms with E-state index in [1.165, 1.54) is 24.0 Å². The molecule has 2 N–H and O–H groups in total. The minimum Gasteiger partial charge on any atom is -0.442 e. The van der Waals surface area contributed by atoms with Crippen molar-refractivity contribution < 1.29 is 14.0 Å². The van der Waals surface area contributed by atoms with E-state index in [9.17, 15) is 14.4 Å². The fourth-order valence-corrected chi connectivity index (χ4v) is 2.38. The average molecular weight is 341 g/mol. The largest absolute Gasteiger partial charge is 0.442 e. The summed E-state index contributed by atoms with van der Waals surface area (Å²) in [6.07, 6.45) is 2.73. The maximum Gasteiger partial charge on any atom is 0.265 e. The standard InChI is InChI=1S/C16H15N5O4/c1-8-12(13-15(25-8)18-7-21(3)16(13)24)14(23)20-10-4-5-11(17-6-10)19-9(2)22/h4-7H,1-3H3,(H,20,23)(H,17,19,22). The van der Waals surface area contributed by atoms with Crippen LogP contribution in [0.2, 0.25) is 0 Å². The van der Waals surface area contributed by atoms with Crippen LogP contribution in [0.1, 0.15) is 23.0 Å². The van der Waals surface area contributed by atoms with Crippen LogP contribution >= 0.6 is 0 Å². The number of pyridine rings is 1. The number of rotatable bonds is 3. The summed E-state index contributed by atoms with van der Waals surface area (Å²) < 4.78 is 6.68. The van der Waals surface area contributed by atoms with E-state index in [0.29, 0.717) is 17.3 Å². The molecule has 25 heavy (non-hydrogen) atoms. The highest BCUT2D eigenvalue weighted by atomic mass is 16.3. The summed E-state index contributed by atoms with van der Waals surface area (Å²) in [5, 5.41) is 5.31. The number of hydrogen-bond donors (Lipinski definition) is 2. The van der Waals surface area contributed by atoms with Crippen LogP contribution in [0, 0.1) is 6.92 Å². The van der Waals surface area contributed by atoms with Crippen LogP contribution in [0.4, 0.5) is 11.5 Å². The van der Waals surface area contributed by atoms with Crippen molar-refractivity contribution in [3.63, 3.8) is 0 Å². The lowest BCUT2D eigenvalue weighted by atomic mass is 10.1. The SMILES string of the molecule is CC(=O)Nc1ccc(NC(=O)c2c(C)oc3ncn(C)c(=O)c23)cn1. The van der Waals surface area contributed by atoms with Gasteiger partial charge in [-0.1, -0.05) is 0 Å². The van der Waals surface area contributed by atoms with Gasteiger partial charge in [0.05, 0.1) is 17.4 Å². The van der Waals surface area contributed by atoms with Crippen LogP contribution in [0.5, 0.6) is 0 Å². The summed E-state index contributed by atoms with van der Waals surface area (Å²) in [7, 11) is 1.55. The number of anilines is 2. The zero-order chi connectivity index (χ0) is 18.1. The van der Waals surface area contributed by atoms with Gasteiger partial charge in [-0.3, -0.25) is 14.4 Å². The van der Waals surface area contributed by atoms with Crippen LogP contribution in [-0.2, 0) is 11.8 Å². The molecule has 3 heterocycles. The Morgan fingerprint density at radius 1 is 1.20 bits per heavy atom. The van der Waals surface area contributed by atoms with Gasteiger partial charge in [-0.15, -0.1) is 0 Å². The molecule has 9 nitrogen and oxygen atoms in total. The number of nitrogens with one attached hydrogen (secondary N) is 2. The molecule has 3 aromatic rings. The molecule has 0 aliphatic rings. The van der Waals surface area contributed by atoms with Crippen molar-refractivity contribution in [2.24, 2.45) is 7.05 Å². The van der Waals surface area contributed by atoms with E-state index >= 15 is 0 Å². The Morgan fingerprint density at radius 2 is 1.96 bits per heavy atom. The third-order valence-corrected chi connectivity index (χ3v) is 3.50. The van der Waals surface area contributed by atoms with Crippen molar-refractivity contribution in [3.05, 3.63) is 46.3 Å². The third kappa shape index (κ3) is 3.11. The van der Waals surface area contributed by atoms with Crippen LogP contribution < -0.4 is 16.2 Å². The highest BCUT2D eigenvalue weighted by Crippen LogP contribution is 2.22. The van der Waals surface area contributed by atoms with E-state index in [4.69, 9.17) is 4.42 Å². The molecular weight excluding hydrogens is 326 g/mol. The molecule has 128 valence electrons. The van der Waals surface area contributed by atoms with Crippen molar-refractivity contribution in [2.75, 3.05) is 10.6 Å². The number of carbonyl (C=O) groups excluding carboxylic acids is 2. The molecule has 0 saturated carbocycles. The summed E-state index contributed by atoms with van der Waals surface area (Å²) >= 11 is 0. The normalized spacial score (nSPS) is 10.7. The van der Waals surface area contributed by atoms with Crippen molar-refractivity contribution in [3.8, 4) is 0 Å². The first kappa shape index (κ1) is 16.4. The van der Waals surface area contributed by atoms with Crippen molar-refractivity contribution in [1.82, 2.24) is 14.5 Å². The first-order valence-corrected chi connectivity index (χ1v) is 7.36. The molecule has 0 fully saturated rings. The highest BCUT2D eigenvalue weighted by Gasteiger charge is 2.22. The molecule has 9 heteroatoms. The Hall–Kier alpha value is -3.49. The first-order valence-electron chi connectivity index (χ1n) is 7.36. The van der Waals surface area contributed by atoms with Crippen LogP contribution in [0.25, 0.3) is 11.1 Å². The molecule has 0 atom stereocenters. The van der Waals surface area contributed by atoms with E-state index in [2.05, 4.69) is 20.6 Å². The summed E-state index contributed by atoms with van der Waals surface area (Å²) in [6.45, 7) is 2.97. The van der Waals surface area contributed by atoms with Gasteiger partial charge in [0, 0.05) is 14.0 Å². The van der Waals surface area contributed by atoms with Gasteiger partial charge in [0.1, 0.15) is 23.3 Å². The van der Waals surface area contributed by atoms with E-state index in [1.54, 1.807) is 26.1 Å². The zero-order valence-electron chi connectivity index (χ0n) is 13.8. The van der Waals surface area contributed by atoms with Gasteiger partial charge < -0.3 is 19.6 Å². The Labute approximate surface area is 141 Å². The molecule has 0 aliphatic heterocycles. The lowest BCUT2D eigenvalue weighted by Gasteiger charge is -2.06. The van der Waals surface area contributed by atoms with Gasteiger partial charge in [-0.2, -0.15) is 0 Å². The smallest absolute Gasteiger partial charge is 0.265 e. The van der Waals surface area contributed by atoms with Crippen molar-refractivity contribution >= 4 is 34.4 Å². The maximum absolute atomic E-state index is 12.6. The Balaban J connectivity index is 1.93. The number of aryl methyl sites for hydroxylation is 2. The van der Waals surface area contributed by atoms with Gasteiger partial charge in [-0.05, 0) is 19.1 Å². The second-order valence-corrected chi connectivity index (χ2v) is 5.44.